The van der Waals surface area contributed by atoms with Gasteiger partial charge in [-0.2, -0.15) is 0 Å². The molecule has 0 bridgehead atoms. The summed E-state index contributed by atoms with van der Waals surface area (Å²) < 4.78 is 7.08. The van der Waals surface area contributed by atoms with Gasteiger partial charge in [0.1, 0.15) is 0 Å². The van der Waals surface area contributed by atoms with Crippen molar-refractivity contribution >= 4 is 29.9 Å². The second-order valence-corrected chi connectivity index (χ2v) is 4.19. The molecule has 0 saturated heterocycles. The zero-order chi connectivity index (χ0) is 13.8. The van der Waals surface area contributed by atoms with Crippen LogP contribution in [-0.2, 0) is 11.3 Å². The fourth-order valence-electron chi connectivity index (χ4n) is 1.63. The maximum atomic E-state index is 5.01. The Hall–Kier alpha value is -0.830. The molecule has 0 aliphatic heterocycles. The first-order valence-corrected chi connectivity index (χ1v) is 6.83. The van der Waals surface area contributed by atoms with Gasteiger partial charge in [0.25, 0.3) is 0 Å². The van der Waals surface area contributed by atoms with Crippen molar-refractivity contribution in [1.82, 2.24) is 20.2 Å². The van der Waals surface area contributed by atoms with E-state index in [1.165, 1.54) is 0 Å². The highest BCUT2D eigenvalue weighted by Crippen LogP contribution is 1.91. The molecule has 0 spiro atoms. The molecule has 7 heteroatoms. The van der Waals surface area contributed by atoms with Crippen LogP contribution in [0.4, 0.5) is 0 Å². The van der Waals surface area contributed by atoms with Crippen molar-refractivity contribution in [2.75, 3.05) is 33.4 Å². The van der Waals surface area contributed by atoms with Crippen LogP contribution in [0.2, 0.25) is 0 Å². The van der Waals surface area contributed by atoms with Crippen molar-refractivity contribution < 1.29 is 4.74 Å². The molecule has 0 aliphatic rings. The number of ether oxygens (including phenoxy) is 1. The Bertz CT molecular complexity index is 343. The van der Waals surface area contributed by atoms with Gasteiger partial charge >= 0.3 is 0 Å². The largest absolute Gasteiger partial charge is 0.385 e. The summed E-state index contributed by atoms with van der Waals surface area (Å²) in [6.07, 6.45) is 7.58. The number of imidazole rings is 1. The van der Waals surface area contributed by atoms with Crippen LogP contribution in [-0.4, -0.2) is 48.9 Å². The number of rotatable bonds is 9. The van der Waals surface area contributed by atoms with E-state index in [0.29, 0.717) is 0 Å². The highest BCUT2D eigenvalue weighted by Gasteiger charge is 1.96. The molecule has 0 aliphatic carbocycles. The smallest absolute Gasteiger partial charge is 0.191 e. The van der Waals surface area contributed by atoms with E-state index in [4.69, 9.17) is 4.74 Å². The highest BCUT2D eigenvalue weighted by molar-refractivity contribution is 14.0. The SMILES string of the molecule is CCNC(=NCCCn1ccnc1)NCCCOC.I. The topological polar surface area (TPSA) is 63.5 Å². The summed E-state index contributed by atoms with van der Waals surface area (Å²) in [5.41, 5.74) is 0. The zero-order valence-corrected chi connectivity index (χ0v) is 14.7. The quantitative estimate of drug-likeness (QED) is 0.288. The third-order valence-corrected chi connectivity index (χ3v) is 2.57. The molecule has 20 heavy (non-hydrogen) atoms. The van der Waals surface area contributed by atoms with E-state index in [1.807, 2.05) is 12.5 Å². The molecule has 0 aromatic carbocycles. The fraction of sp³-hybridized carbons (Fsp3) is 0.692. The van der Waals surface area contributed by atoms with Gasteiger partial charge in [-0.25, -0.2) is 4.98 Å². The average Bonchev–Trinajstić information content (AvgIpc) is 2.92. The van der Waals surface area contributed by atoms with Crippen molar-refractivity contribution in [3.63, 3.8) is 0 Å². The Morgan fingerprint density at radius 2 is 2.20 bits per heavy atom. The van der Waals surface area contributed by atoms with E-state index < -0.39 is 0 Å². The van der Waals surface area contributed by atoms with Crippen molar-refractivity contribution in [3.05, 3.63) is 18.7 Å². The predicted molar refractivity (Wildman–Crippen MR) is 92.7 cm³/mol. The van der Waals surface area contributed by atoms with E-state index in [0.717, 1.165) is 51.6 Å². The summed E-state index contributed by atoms with van der Waals surface area (Å²) in [5.74, 6) is 0.879. The number of aliphatic imine (C=N–C) groups is 1. The number of aromatic nitrogens is 2. The first-order chi connectivity index (χ1) is 9.36. The first kappa shape index (κ1) is 19.2. The first-order valence-electron chi connectivity index (χ1n) is 6.83. The number of halogens is 1. The summed E-state index contributed by atoms with van der Waals surface area (Å²) in [7, 11) is 1.72. The van der Waals surface area contributed by atoms with Gasteiger partial charge in [-0.05, 0) is 19.8 Å². The molecule has 2 N–H and O–H groups in total. The number of hydrogen-bond acceptors (Lipinski definition) is 3. The molecular formula is C13H26IN5O. The van der Waals surface area contributed by atoms with Gasteiger partial charge in [0.2, 0.25) is 0 Å². The minimum absolute atomic E-state index is 0. The van der Waals surface area contributed by atoms with Gasteiger partial charge in [0, 0.05) is 52.3 Å². The van der Waals surface area contributed by atoms with E-state index in [9.17, 15) is 0 Å². The van der Waals surface area contributed by atoms with Crippen molar-refractivity contribution in [1.29, 1.82) is 0 Å². The van der Waals surface area contributed by atoms with Gasteiger partial charge < -0.3 is 19.9 Å². The molecule has 116 valence electrons. The predicted octanol–water partition coefficient (Wildman–Crippen LogP) is 1.48. The van der Waals surface area contributed by atoms with Crippen molar-refractivity contribution in [2.24, 2.45) is 4.99 Å². The number of hydrogen-bond donors (Lipinski definition) is 2. The molecule has 6 nitrogen and oxygen atoms in total. The maximum Gasteiger partial charge on any atom is 0.191 e. The molecule has 1 rings (SSSR count). The number of nitrogens with zero attached hydrogens (tertiary/aromatic N) is 3. The summed E-state index contributed by atoms with van der Waals surface area (Å²) in [4.78, 5) is 8.54. The third kappa shape index (κ3) is 9.13. The minimum atomic E-state index is 0. The van der Waals surface area contributed by atoms with E-state index in [2.05, 4.69) is 32.1 Å². The van der Waals surface area contributed by atoms with Gasteiger partial charge in [-0.1, -0.05) is 0 Å². The van der Waals surface area contributed by atoms with Crippen LogP contribution in [0.5, 0.6) is 0 Å². The van der Waals surface area contributed by atoms with Crippen LogP contribution in [0.25, 0.3) is 0 Å². The second-order valence-electron chi connectivity index (χ2n) is 4.19. The zero-order valence-electron chi connectivity index (χ0n) is 12.3. The normalized spacial score (nSPS) is 11.0. The number of methoxy groups -OCH3 is 1. The monoisotopic (exact) mass is 395 g/mol. The molecule has 1 heterocycles. The fourth-order valence-corrected chi connectivity index (χ4v) is 1.63. The molecule has 0 radical (unpaired) electrons. The molecule has 1 aromatic rings. The Kier molecular flexibility index (Phi) is 12.6. The summed E-state index contributed by atoms with van der Waals surface area (Å²) >= 11 is 0. The molecular weight excluding hydrogens is 369 g/mol. The van der Waals surface area contributed by atoms with Crippen LogP contribution in [0.3, 0.4) is 0 Å². The Morgan fingerprint density at radius 3 is 2.85 bits per heavy atom. The lowest BCUT2D eigenvalue weighted by molar-refractivity contribution is 0.195. The van der Waals surface area contributed by atoms with Crippen molar-refractivity contribution in [3.8, 4) is 0 Å². The third-order valence-electron chi connectivity index (χ3n) is 2.57. The lowest BCUT2D eigenvalue weighted by Crippen LogP contribution is -2.38. The molecule has 0 fully saturated rings. The Morgan fingerprint density at radius 1 is 1.35 bits per heavy atom. The van der Waals surface area contributed by atoms with Crippen LogP contribution in [0.1, 0.15) is 19.8 Å². The van der Waals surface area contributed by atoms with E-state index in [1.54, 1.807) is 13.3 Å². The molecule has 0 amide bonds. The van der Waals surface area contributed by atoms with Gasteiger partial charge in [0.15, 0.2) is 5.96 Å². The molecule has 0 atom stereocenters. The van der Waals surface area contributed by atoms with E-state index >= 15 is 0 Å². The second kappa shape index (κ2) is 13.2. The Balaban J connectivity index is 0.00000361. The van der Waals surface area contributed by atoms with Gasteiger partial charge in [-0.15, -0.1) is 24.0 Å². The van der Waals surface area contributed by atoms with Gasteiger partial charge in [-0.3, -0.25) is 4.99 Å². The number of guanidine groups is 1. The average molecular weight is 395 g/mol. The summed E-state index contributed by atoms with van der Waals surface area (Å²) in [6, 6.07) is 0. The lowest BCUT2D eigenvalue weighted by atomic mass is 10.4. The van der Waals surface area contributed by atoms with Crippen LogP contribution in [0.15, 0.2) is 23.7 Å². The molecule has 0 saturated carbocycles. The van der Waals surface area contributed by atoms with Crippen molar-refractivity contribution in [2.45, 2.75) is 26.3 Å². The molecule has 1 aromatic heterocycles. The maximum absolute atomic E-state index is 5.01. The van der Waals surface area contributed by atoms with Crippen LogP contribution in [0, 0.1) is 0 Å². The van der Waals surface area contributed by atoms with Crippen LogP contribution >= 0.6 is 24.0 Å². The van der Waals surface area contributed by atoms with Crippen LogP contribution < -0.4 is 10.6 Å². The Labute approximate surface area is 138 Å². The van der Waals surface area contributed by atoms with E-state index in [-0.39, 0.29) is 24.0 Å². The lowest BCUT2D eigenvalue weighted by Gasteiger charge is -2.11. The summed E-state index contributed by atoms with van der Waals surface area (Å²) in [6.45, 7) is 6.34. The standard InChI is InChI=1S/C13H25N5O.HI/c1-3-15-13(17-7-5-11-19-2)16-6-4-9-18-10-8-14-12-18;/h8,10,12H,3-7,9,11H2,1-2H3,(H2,15,16,17);1H. The minimum Gasteiger partial charge on any atom is -0.385 e. The highest BCUT2D eigenvalue weighted by atomic mass is 127. The molecule has 0 unspecified atom stereocenters. The number of nitrogens with one attached hydrogen (secondary N) is 2. The number of aryl methyl sites for hydroxylation is 1. The summed E-state index contributed by atoms with van der Waals surface area (Å²) in [5, 5.41) is 6.52. The van der Waals surface area contributed by atoms with Gasteiger partial charge in [0.05, 0.1) is 6.33 Å².